The number of hydrogen-bond acceptors (Lipinski definition) is 1. The lowest BCUT2D eigenvalue weighted by molar-refractivity contribution is 1.28. The van der Waals surface area contributed by atoms with Crippen LogP contribution in [0.2, 0.25) is 0 Å². The highest BCUT2D eigenvalue weighted by molar-refractivity contribution is 5.83. The van der Waals surface area contributed by atoms with Crippen LogP contribution in [-0.2, 0) is 0 Å². The van der Waals surface area contributed by atoms with Gasteiger partial charge >= 0.3 is 0 Å². The fraction of sp³-hybridized carbons (Fsp3) is 0. The molecule has 9 rings (SSSR count). The van der Waals surface area contributed by atoms with E-state index in [1.807, 2.05) is 0 Å². The minimum Gasteiger partial charge on any atom is -0.311 e. The highest BCUT2D eigenvalue weighted by Gasteiger charge is 2.13. The largest absolute Gasteiger partial charge is 0.311 e. The van der Waals surface area contributed by atoms with Crippen LogP contribution in [0.4, 0.5) is 17.1 Å². The lowest BCUT2D eigenvalue weighted by Crippen LogP contribution is -2.09. The van der Waals surface area contributed by atoms with Crippen LogP contribution >= 0.6 is 0 Å². The van der Waals surface area contributed by atoms with Gasteiger partial charge in [0.2, 0.25) is 0 Å². The van der Waals surface area contributed by atoms with Crippen LogP contribution in [0, 0.1) is 0 Å². The van der Waals surface area contributed by atoms with Crippen LogP contribution in [0.25, 0.3) is 45.6 Å². The van der Waals surface area contributed by atoms with Crippen molar-refractivity contribution in [3.63, 3.8) is 0 Å². The molecule has 0 atom stereocenters. The van der Waals surface area contributed by atoms with Gasteiger partial charge in [-0.25, -0.2) is 0 Å². The smallest absolute Gasteiger partial charge is 0.0462 e. The molecule has 9 aromatic rings. The predicted octanol–water partition coefficient (Wildman–Crippen LogP) is 16.8. The Morgan fingerprint density at radius 2 is 0.508 bits per heavy atom. The SMILES string of the molecule is C(=Cc1ccc(-c2ccc(N(c3ccccc3)c3ccc(-c4ccc(C=CC=C(c5ccccc5)c5ccccc5)cc4)cc3)cc2)cc1)C=C(c1ccccc1)c1ccccc1. The Hall–Kier alpha value is -8.26. The number of hydrogen-bond donors (Lipinski definition) is 0. The first-order valence-electron chi connectivity index (χ1n) is 21.5. The number of allylic oxidation sites excluding steroid dienone is 4. The van der Waals surface area contributed by atoms with Gasteiger partial charge in [0.1, 0.15) is 0 Å². The van der Waals surface area contributed by atoms with E-state index in [0.717, 1.165) is 28.2 Å². The second-order valence-electron chi connectivity index (χ2n) is 15.4. The van der Waals surface area contributed by atoms with E-state index in [9.17, 15) is 0 Å². The summed E-state index contributed by atoms with van der Waals surface area (Å²) in [4.78, 5) is 2.31. The Labute approximate surface area is 372 Å². The standard InChI is InChI=1S/C62H47N/c1-6-20-54(21-7-1)61(55-22-8-2-9-23-55)30-16-18-48-32-36-50(37-33-48)52-40-44-59(45-41-52)63(58-28-14-5-15-29-58)60-46-42-53(43-47-60)51-38-34-49(35-39-51)19-17-31-62(56-24-10-3-11-25-56)57-26-12-4-13-27-57/h1-47H. The molecule has 63 heavy (non-hydrogen) atoms. The molecule has 0 aliphatic heterocycles. The van der Waals surface area contributed by atoms with E-state index in [2.05, 4.69) is 290 Å². The molecule has 0 heterocycles. The summed E-state index contributed by atoms with van der Waals surface area (Å²) in [7, 11) is 0. The molecule has 0 radical (unpaired) electrons. The normalized spacial score (nSPS) is 11.0. The van der Waals surface area contributed by atoms with Crippen molar-refractivity contribution in [2.45, 2.75) is 0 Å². The molecule has 0 aliphatic rings. The van der Waals surface area contributed by atoms with E-state index in [0.29, 0.717) is 0 Å². The molecule has 0 saturated carbocycles. The van der Waals surface area contributed by atoms with E-state index >= 15 is 0 Å². The van der Waals surface area contributed by atoms with Crippen molar-refractivity contribution in [1.29, 1.82) is 0 Å². The molecule has 9 aromatic carbocycles. The molecule has 0 N–H and O–H groups in total. The molecule has 1 nitrogen and oxygen atoms in total. The summed E-state index contributed by atoms with van der Waals surface area (Å²) in [5.41, 5.74) is 17.5. The first-order valence-corrected chi connectivity index (χ1v) is 21.5. The number of benzene rings is 9. The summed E-state index contributed by atoms with van der Waals surface area (Å²) in [5.74, 6) is 0. The zero-order chi connectivity index (χ0) is 42.5. The van der Waals surface area contributed by atoms with Gasteiger partial charge in [-0.05, 0) is 103 Å². The van der Waals surface area contributed by atoms with Gasteiger partial charge in [0.15, 0.2) is 0 Å². The fourth-order valence-electron chi connectivity index (χ4n) is 7.90. The van der Waals surface area contributed by atoms with Crippen molar-refractivity contribution in [2.75, 3.05) is 4.90 Å². The number of anilines is 3. The highest BCUT2D eigenvalue weighted by atomic mass is 15.1. The Kier molecular flexibility index (Phi) is 12.7. The topological polar surface area (TPSA) is 3.24 Å². The average molecular weight is 806 g/mol. The molecule has 0 amide bonds. The van der Waals surface area contributed by atoms with Crippen molar-refractivity contribution >= 4 is 40.4 Å². The number of rotatable bonds is 13. The quantitative estimate of drug-likeness (QED) is 0.105. The van der Waals surface area contributed by atoms with Gasteiger partial charge in [-0.2, -0.15) is 0 Å². The van der Waals surface area contributed by atoms with Gasteiger partial charge in [-0.15, -0.1) is 0 Å². The van der Waals surface area contributed by atoms with E-state index < -0.39 is 0 Å². The monoisotopic (exact) mass is 805 g/mol. The minimum atomic E-state index is 1.10. The molecular weight excluding hydrogens is 759 g/mol. The second kappa shape index (κ2) is 19.9. The van der Waals surface area contributed by atoms with Crippen molar-refractivity contribution in [3.8, 4) is 22.3 Å². The lowest BCUT2D eigenvalue weighted by atomic mass is 9.97. The molecule has 0 bridgehead atoms. The third-order valence-electron chi connectivity index (χ3n) is 11.2. The Morgan fingerprint density at radius 1 is 0.254 bits per heavy atom. The maximum Gasteiger partial charge on any atom is 0.0462 e. The van der Waals surface area contributed by atoms with E-state index in [1.54, 1.807) is 0 Å². The highest BCUT2D eigenvalue weighted by Crippen LogP contribution is 2.37. The maximum absolute atomic E-state index is 2.31. The van der Waals surface area contributed by atoms with Gasteiger partial charge in [0, 0.05) is 17.1 Å². The zero-order valence-corrected chi connectivity index (χ0v) is 35.1. The summed E-state index contributed by atoms with van der Waals surface area (Å²) in [6.45, 7) is 0. The second-order valence-corrected chi connectivity index (χ2v) is 15.4. The van der Waals surface area contributed by atoms with Crippen molar-refractivity contribution in [2.24, 2.45) is 0 Å². The number of nitrogens with zero attached hydrogens (tertiary/aromatic N) is 1. The zero-order valence-electron chi connectivity index (χ0n) is 35.1. The molecule has 300 valence electrons. The van der Waals surface area contributed by atoms with Crippen LogP contribution < -0.4 is 4.90 Å². The summed E-state index contributed by atoms with van der Waals surface area (Å²) in [6, 6.07) is 88.1. The van der Waals surface area contributed by atoms with Crippen molar-refractivity contribution in [3.05, 3.63) is 306 Å². The van der Waals surface area contributed by atoms with E-state index in [-0.39, 0.29) is 0 Å². The molecule has 0 aromatic heterocycles. The van der Waals surface area contributed by atoms with E-state index in [1.165, 1.54) is 55.7 Å². The van der Waals surface area contributed by atoms with Gasteiger partial charge in [-0.1, -0.05) is 249 Å². The third-order valence-corrected chi connectivity index (χ3v) is 11.2. The minimum absolute atomic E-state index is 1.10. The van der Waals surface area contributed by atoms with Crippen LogP contribution in [0.3, 0.4) is 0 Å². The van der Waals surface area contributed by atoms with Crippen LogP contribution in [0.1, 0.15) is 33.4 Å². The lowest BCUT2D eigenvalue weighted by Gasteiger charge is -2.26. The summed E-state index contributed by atoms with van der Waals surface area (Å²) < 4.78 is 0. The third kappa shape index (κ3) is 10.0. The van der Waals surface area contributed by atoms with Gasteiger partial charge < -0.3 is 4.90 Å². The first kappa shape index (κ1) is 40.2. The Balaban J connectivity index is 0.896. The molecule has 0 aliphatic carbocycles. The molecule has 0 unspecified atom stereocenters. The van der Waals surface area contributed by atoms with Gasteiger partial charge in [-0.3, -0.25) is 0 Å². The molecule has 0 fully saturated rings. The molecule has 0 saturated heterocycles. The summed E-state index contributed by atoms with van der Waals surface area (Å²) in [6.07, 6.45) is 13.0. The summed E-state index contributed by atoms with van der Waals surface area (Å²) in [5, 5.41) is 0. The molecular formula is C62H47N. The first-order chi connectivity index (χ1) is 31.2. The Morgan fingerprint density at radius 3 is 0.810 bits per heavy atom. The number of para-hydroxylation sites is 1. The van der Waals surface area contributed by atoms with Crippen LogP contribution in [0.15, 0.2) is 273 Å². The summed E-state index contributed by atoms with van der Waals surface area (Å²) >= 11 is 0. The van der Waals surface area contributed by atoms with Crippen LogP contribution in [0.5, 0.6) is 0 Å². The average Bonchev–Trinajstić information content (AvgIpc) is 3.36. The predicted molar refractivity (Wildman–Crippen MR) is 270 cm³/mol. The van der Waals surface area contributed by atoms with Crippen LogP contribution in [-0.4, -0.2) is 0 Å². The van der Waals surface area contributed by atoms with Gasteiger partial charge in [0.25, 0.3) is 0 Å². The Bertz CT molecular complexity index is 2670. The molecule has 1 heteroatoms. The fourth-order valence-corrected chi connectivity index (χ4v) is 7.90. The molecule has 0 spiro atoms. The maximum atomic E-state index is 2.31. The van der Waals surface area contributed by atoms with E-state index in [4.69, 9.17) is 0 Å². The van der Waals surface area contributed by atoms with Gasteiger partial charge in [0.05, 0.1) is 0 Å². The van der Waals surface area contributed by atoms with Crippen molar-refractivity contribution < 1.29 is 0 Å². The van der Waals surface area contributed by atoms with Crippen molar-refractivity contribution in [1.82, 2.24) is 0 Å².